The summed E-state index contributed by atoms with van der Waals surface area (Å²) >= 11 is 0. The van der Waals surface area contributed by atoms with Gasteiger partial charge in [0.15, 0.2) is 11.6 Å². The smallest absolute Gasteiger partial charge is 0.325 e. The lowest BCUT2D eigenvalue weighted by molar-refractivity contribution is 0.0770. The highest BCUT2D eigenvalue weighted by Crippen LogP contribution is 2.33. The number of aromatic amines is 2. The highest BCUT2D eigenvalue weighted by molar-refractivity contribution is 5.99. The van der Waals surface area contributed by atoms with Gasteiger partial charge in [-0.25, -0.2) is 14.2 Å². The van der Waals surface area contributed by atoms with Gasteiger partial charge >= 0.3 is 5.69 Å². The number of amides is 1. The maximum atomic E-state index is 14.9. The first-order valence-electron chi connectivity index (χ1n) is 13.2. The van der Waals surface area contributed by atoms with E-state index in [4.69, 9.17) is 4.74 Å². The molecule has 1 aliphatic heterocycles. The Bertz CT molecular complexity index is 1960. The van der Waals surface area contributed by atoms with Crippen LogP contribution < -0.4 is 10.4 Å². The molecule has 1 atom stereocenters. The third kappa shape index (κ3) is 5.29. The van der Waals surface area contributed by atoms with E-state index >= 15 is 0 Å². The number of H-pyrrole nitrogens is 2. The molecule has 0 fully saturated rings. The van der Waals surface area contributed by atoms with E-state index in [0.29, 0.717) is 28.1 Å². The van der Waals surface area contributed by atoms with E-state index in [2.05, 4.69) is 31.8 Å². The van der Waals surface area contributed by atoms with E-state index < -0.39 is 29.2 Å². The minimum Gasteiger partial charge on any atom is -0.506 e. The zero-order valence-corrected chi connectivity index (χ0v) is 22.8. The molecule has 1 unspecified atom stereocenters. The molecule has 10 nitrogen and oxygen atoms in total. The lowest BCUT2D eigenvalue weighted by atomic mass is 10.0. The van der Waals surface area contributed by atoms with Crippen LogP contribution in [0.4, 0.5) is 4.39 Å². The van der Waals surface area contributed by atoms with Crippen molar-refractivity contribution in [1.29, 1.82) is 0 Å². The van der Waals surface area contributed by atoms with Crippen LogP contribution in [0.2, 0.25) is 0 Å². The molecule has 0 saturated carbocycles. The van der Waals surface area contributed by atoms with Crippen LogP contribution in [-0.4, -0.2) is 54.6 Å². The number of ether oxygens (including phenoxy) is 1. The minimum absolute atomic E-state index is 0.0174. The van der Waals surface area contributed by atoms with E-state index in [9.17, 15) is 24.2 Å². The number of fused-ring (bicyclic) bond motifs is 1. The van der Waals surface area contributed by atoms with E-state index in [0.717, 1.165) is 5.56 Å². The van der Waals surface area contributed by atoms with Gasteiger partial charge in [0.25, 0.3) is 5.91 Å². The normalized spacial score (nSPS) is 12.9. The summed E-state index contributed by atoms with van der Waals surface area (Å²) in [6.45, 7) is 0.104. The van der Waals surface area contributed by atoms with Crippen LogP contribution in [0.15, 0.2) is 77.9 Å². The van der Waals surface area contributed by atoms with Gasteiger partial charge in [0.05, 0.1) is 30.0 Å². The Kier molecular flexibility index (Phi) is 7.09. The summed E-state index contributed by atoms with van der Waals surface area (Å²) in [6, 6.07) is 17.1. The number of nitrogens with zero attached hydrogens (tertiary/aromatic N) is 3. The number of pyridine rings is 2. The number of aromatic hydroxyl groups is 2. The summed E-state index contributed by atoms with van der Waals surface area (Å²) in [6.07, 6.45) is 3.36. The monoisotopic (exact) mass is 577 g/mol. The van der Waals surface area contributed by atoms with E-state index in [1.54, 1.807) is 60.9 Å². The summed E-state index contributed by atoms with van der Waals surface area (Å²) in [5.74, 6) is 3.56. The number of halogens is 1. The summed E-state index contributed by atoms with van der Waals surface area (Å²) in [5, 5.41) is 20.8. The molecule has 4 heterocycles. The fourth-order valence-electron chi connectivity index (χ4n) is 4.99. The number of methoxy groups -OCH3 is 1. The second-order valence-electron chi connectivity index (χ2n) is 9.85. The predicted octanol–water partition coefficient (Wildman–Crippen LogP) is 4.18. The van der Waals surface area contributed by atoms with Crippen molar-refractivity contribution in [3.63, 3.8) is 0 Å². The van der Waals surface area contributed by atoms with Gasteiger partial charge in [-0.15, -0.1) is 0 Å². The summed E-state index contributed by atoms with van der Waals surface area (Å²) < 4.78 is 19.9. The number of benzene rings is 2. The van der Waals surface area contributed by atoms with Crippen LogP contribution >= 0.6 is 0 Å². The first-order chi connectivity index (χ1) is 20.8. The fourth-order valence-corrected chi connectivity index (χ4v) is 4.99. The average molecular weight is 578 g/mol. The van der Waals surface area contributed by atoms with Gasteiger partial charge in [-0.2, -0.15) is 0 Å². The number of imidazole rings is 1. The third-order valence-corrected chi connectivity index (χ3v) is 7.14. The predicted molar refractivity (Wildman–Crippen MR) is 155 cm³/mol. The first-order valence-corrected chi connectivity index (χ1v) is 13.2. The number of carbonyl (C=O) groups is 1. The molecule has 0 bridgehead atoms. The van der Waals surface area contributed by atoms with Gasteiger partial charge in [0.1, 0.15) is 11.4 Å². The molecule has 4 N–H and O–H groups in total. The van der Waals surface area contributed by atoms with Gasteiger partial charge < -0.3 is 24.8 Å². The molecule has 2 aromatic carbocycles. The minimum atomic E-state index is -0.816. The molecule has 0 aliphatic carbocycles. The van der Waals surface area contributed by atoms with Crippen molar-refractivity contribution < 1.29 is 24.1 Å². The number of rotatable bonds is 6. The van der Waals surface area contributed by atoms with Gasteiger partial charge in [0.2, 0.25) is 5.88 Å². The van der Waals surface area contributed by atoms with Crippen LogP contribution in [0.5, 0.6) is 17.4 Å². The Morgan fingerprint density at radius 1 is 1.05 bits per heavy atom. The van der Waals surface area contributed by atoms with Gasteiger partial charge in [0, 0.05) is 42.2 Å². The molecule has 3 aromatic heterocycles. The zero-order chi connectivity index (χ0) is 30.1. The topological polar surface area (TPSA) is 144 Å². The maximum Gasteiger partial charge on any atom is 0.325 e. The molecule has 0 saturated heterocycles. The van der Waals surface area contributed by atoms with Crippen molar-refractivity contribution in [2.75, 3.05) is 13.7 Å². The largest absolute Gasteiger partial charge is 0.506 e. The number of carbonyl (C=O) groups excluding carboxylic acids is 1. The van der Waals surface area contributed by atoms with E-state index in [1.807, 2.05) is 6.07 Å². The fraction of sp³-hybridized carbons (Fsp3) is 0.125. The summed E-state index contributed by atoms with van der Waals surface area (Å²) in [4.78, 5) is 40.0. The molecule has 0 radical (unpaired) electrons. The lowest BCUT2D eigenvalue weighted by Crippen LogP contribution is -2.29. The molecule has 214 valence electrons. The van der Waals surface area contributed by atoms with Crippen LogP contribution in [-0.2, 0) is 6.54 Å². The zero-order valence-electron chi connectivity index (χ0n) is 22.8. The number of hydrogen-bond acceptors (Lipinski definition) is 7. The second-order valence-corrected chi connectivity index (χ2v) is 9.85. The number of aromatic nitrogens is 4. The van der Waals surface area contributed by atoms with Crippen molar-refractivity contribution in [3.8, 4) is 51.7 Å². The van der Waals surface area contributed by atoms with Gasteiger partial charge in [-0.1, -0.05) is 30.0 Å². The molecule has 43 heavy (non-hydrogen) atoms. The molecule has 11 heteroatoms. The molecule has 5 aromatic rings. The standard InChI is InChI=1S/C32H24FN5O5/c1-43-25-13-10-21-16-38(31(41)26(21)27(25)33)17-22(29-30(40)37-32(42)36-29)9-6-18-4-7-19(8-5-18)28-24(39)12-11-23(35-28)20-3-2-14-34-15-20/h2-5,7-8,10-15,22,39-40H,16-17H2,1H3,(H2,36,37,42). The molecular weight excluding hydrogens is 553 g/mol. The highest BCUT2D eigenvalue weighted by atomic mass is 19.1. The Balaban J connectivity index is 1.28. The maximum absolute atomic E-state index is 14.9. The molecule has 1 aliphatic rings. The number of nitrogens with one attached hydrogen (secondary N) is 2. The van der Waals surface area contributed by atoms with Crippen LogP contribution in [0.3, 0.4) is 0 Å². The molecule has 0 spiro atoms. The first kappa shape index (κ1) is 27.3. The Morgan fingerprint density at radius 3 is 2.56 bits per heavy atom. The van der Waals surface area contributed by atoms with Crippen molar-refractivity contribution in [2.24, 2.45) is 0 Å². The second kappa shape index (κ2) is 11.2. The lowest BCUT2D eigenvalue weighted by Gasteiger charge is -2.19. The highest BCUT2D eigenvalue weighted by Gasteiger charge is 2.34. The molecule has 1 amide bonds. The Hall–Kier alpha value is -5.89. The van der Waals surface area contributed by atoms with Crippen molar-refractivity contribution >= 4 is 5.91 Å². The van der Waals surface area contributed by atoms with Gasteiger partial charge in [-0.3, -0.25) is 14.8 Å². The summed E-state index contributed by atoms with van der Waals surface area (Å²) in [7, 11) is 1.32. The third-order valence-electron chi connectivity index (χ3n) is 7.14. The molecular formula is C32H24FN5O5. The van der Waals surface area contributed by atoms with Crippen LogP contribution in [0.1, 0.15) is 33.1 Å². The van der Waals surface area contributed by atoms with Crippen molar-refractivity contribution in [1.82, 2.24) is 24.8 Å². The van der Waals surface area contributed by atoms with Crippen molar-refractivity contribution in [3.05, 3.63) is 112 Å². The van der Waals surface area contributed by atoms with Crippen LogP contribution in [0, 0.1) is 17.7 Å². The Labute approximate surface area is 244 Å². The SMILES string of the molecule is COc1ccc2c(c1F)C(=O)N(CC(C#Cc1ccc(-c3nc(-c4cccnc4)ccc3O)cc1)c1[nH]c(=O)[nH]c1O)C2. The average Bonchev–Trinajstić information content (AvgIpc) is 3.53. The quantitative estimate of drug-likeness (QED) is 0.222. The Morgan fingerprint density at radius 2 is 1.86 bits per heavy atom. The van der Waals surface area contributed by atoms with Crippen molar-refractivity contribution in [2.45, 2.75) is 12.5 Å². The van der Waals surface area contributed by atoms with E-state index in [1.165, 1.54) is 18.1 Å². The molecule has 6 rings (SSSR count). The number of hydrogen-bond donors (Lipinski definition) is 4. The van der Waals surface area contributed by atoms with Crippen LogP contribution in [0.25, 0.3) is 22.5 Å². The van der Waals surface area contributed by atoms with Gasteiger partial charge in [-0.05, 0) is 48.0 Å². The van der Waals surface area contributed by atoms with E-state index in [-0.39, 0.29) is 35.8 Å². The summed E-state index contributed by atoms with van der Waals surface area (Å²) in [5.41, 5.74) is 3.03.